The molecule has 0 saturated carbocycles. The topological polar surface area (TPSA) is 0 Å². The minimum absolute atomic E-state index is 0.0736. The summed E-state index contributed by atoms with van der Waals surface area (Å²) in [7, 11) is 0. The lowest BCUT2D eigenvalue weighted by Gasteiger charge is -2.19. The first kappa shape index (κ1) is 10.8. The average molecular weight is 526 g/mol. The quantitative estimate of drug-likeness (QED) is 0.201. The average Bonchev–Trinajstić information content (AvgIpc) is 3.22. The molecule has 0 heterocycles. The minimum Gasteiger partial charge on any atom is -0.0622 e. The molecule has 0 atom stereocenters. The maximum Gasteiger partial charge on any atom is 0.0636 e. The van der Waals surface area contributed by atoms with E-state index in [0.29, 0.717) is 5.39 Å². The van der Waals surface area contributed by atoms with Gasteiger partial charge in [-0.25, -0.2) is 0 Å². The lowest BCUT2D eigenvalue weighted by Crippen LogP contribution is -1.92. The number of hydrogen-bond donors (Lipinski definition) is 0. The molecular weight excluding hydrogens is 480 g/mol. The first-order chi connectivity index (χ1) is 27.8. The fraction of sp³-hybridized carbons (Fsp3) is 0. The highest BCUT2D eigenvalue weighted by Crippen LogP contribution is 2.45. The second-order valence-corrected chi connectivity index (χ2v) is 9.06. The van der Waals surface area contributed by atoms with E-state index in [2.05, 4.69) is 0 Å². The summed E-state index contributed by atoms with van der Waals surface area (Å²) in [5.41, 5.74) is -2.03. The van der Waals surface area contributed by atoms with Gasteiger partial charge in [0.15, 0.2) is 0 Å². The Balaban J connectivity index is 1.76. The van der Waals surface area contributed by atoms with Gasteiger partial charge in [-0.3, -0.25) is 0 Å². The molecule has 0 aliphatic carbocycles. The Bertz CT molecular complexity index is 3230. The highest BCUT2D eigenvalue weighted by atomic mass is 14.2. The molecule has 0 nitrogen and oxygen atoms in total. The van der Waals surface area contributed by atoms with Crippen molar-refractivity contribution in [2.45, 2.75) is 0 Å². The predicted octanol–water partition coefficient (Wildman–Crippen LogP) is 11.3. The number of benzene rings is 8. The van der Waals surface area contributed by atoms with E-state index in [1.807, 2.05) is 6.07 Å². The van der Waals surface area contributed by atoms with Gasteiger partial charge in [-0.15, -0.1) is 0 Å². The summed E-state index contributed by atoms with van der Waals surface area (Å²) in [6.07, 6.45) is 0. The van der Waals surface area contributed by atoms with E-state index >= 15 is 0 Å². The van der Waals surface area contributed by atoms with Crippen LogP contribution >= 0.6 is 0 Å². The molecule has 40 heavy (non-hydrogen) atoms. The van der Waals surface area contributed by atoms with E-state index in [9.17, 15) is 9.60 Å². The third kappa shape index (κ3) is 3.69. The van der Waals surface area contributed by atoms with Crippen LogP contribution in [0.2, 0.25) is 0 Å². The summed E-state index contributed by atoms with van der Waals surface area (Å²) in [6.45, 7) is 0. The van der Waals surface area contributed by atoms with Gasteiger partial charge in [-0.1, -0.05) is 139 Å². The molecule has 0 aliphatic rings. The molecule has 0 spiro atoms. The van der Waals surface area contributed by atoms with Gasteiger partial charge in [0.1, 0.15) is 0 Å². The molecule has 8 aromatic rings. The summed E-state index contributed by atoms with van der Waals surface area (Å²) in [5, 5.41) is -0.911. The third-order valence-corrected chi connectivity index (χ3v) is 6.79. The van der Waals surface area contributed by atoms with E-state index in [4.69, 9.17) is 16.4 Å². The van der Waals surface area contributed by atoms with Crippen LogP contribution in [0.5, 0.6) is 0 Å². The van der Waals surface area contributed by atoms with Crippen molar-refractivity contribution < 1.29 is 26.0 Å². The van der Waals surface area contributed by atoms with Crippen LogP contribution in [0.1, 0.15) is 26.0 Å². The van der Waals surface area contributed by atoms with Crippen molar-refractivity contribution in [2.24, 2.45) is 0 Å². The largest absolute Gasteiger partial charge is 0.0636 e. The Hall–Kier alpha value is -5.20. The predicted molar refractivity (Wildman–Crippen MR) is 173 cm³/mol. The van der Waals surface area contributed by atoms with E-state index in [1.54, 1.807) is 36.4 Å². The highest BCUT2D eigenvalue weighted by molar-refractivity contribution is 6.22. The molecule has 0 aliphatic heterocycles. The summed E-state index contributed by atoms with van der Waals surface area (Å²) < 4.78 is 169. The van der Waals surface area contributed by atoms with Crippen LogP contribution in [0.25, 0.3) is 76.5 Å². The van der Waals surface area contributed by atoms with Gasteiger partial charge in [0.05, 0.1) is 26.0 Å². The zero-order chi connectivity index (χ0) is 43.0. The molecule has 0 amide bonds. The van der Waals surface area contributed by atoms with E-state index in [1.165, 1.54) is 0 Å². The van der Waals surface area contributed by atoms with Crippen LogP contribution < -0.4 is 0 Å². The summed E-state index contributed by atoms with van der Waals surface area (Å²) >= 11 is 0. The summed E-state index contributed by atoms with van der Waals surface area (Å²) in [6, 6.07) is -2.12. The van der Waals surface area contributed by atoms with Crippen molar-refractivity contribution in [2.75, 3.05) is 0 Å². The van der Waals surface area contributed by atoms with Crippen LogP contribution in [-0.2, 0) is 0 Å². The van der Waals surface area contributed by atoms with Crippen LogP contribution in [0, 0.1) is 0 Å². The fourth-order valence-electron chi connectivity index (χ4n) is 5.01. The molecule has 0 unspecified atom stereocenters. The zero-order valence-corrected chi connectivity index (χ0v) is 20.5. The van der Waals surface area contributed by atoms with Crippen molar-refractivity contribution in [3.8, 4) is 33.4 Å². The fourth-order valence-corrected chi connectivity index (χ4v) is 5.01. The van der Waals surface area contributed by atoms with Crippen molar-refractivity contribution in [3.63, 3.8) is 0 Å². The van der Waals surface area contributed by atoms with Gasteiger partial charge in [-0.05, 0) is 94.6 Å². The maximum atomic E-state index is 9.84. The van der Waals surface area contributed by atoms with Crippen LogP contribution in [0.15, 0.2) is 157 Å². The van der Waals surface area contributed by atoms with Crippen LogP contribution in [0.3, 0.4) is 0 Å². The molecule has 0 N–H and O–H groups in total. The van der Waals surface area contributed by atoms with Crippen LogP contribution in [-0.4, -0.2) is 0 Å². The van der Waals surface area contributed by atoms with Gasteiger partial charge in [0, 0.05) is 0 Å². The van der Waals surface area contributed by atoms with E-state index < -0.39 is 153 Å². The van der Waals surface area contributed by atoms with E-state index in [-0.39, 0.29) is 27.3 Å². The first-order valence-corrected chi connectivity index (χ1v) is 12.3. The van der Waals surface area contributed by atoms with Crippen molar-refractivity contribution in [1.29, 1.82) is 0 Å². The van der Waals surface area contributed by atoms with Crippen LogP contribution in [0.4, 0.5) is 0 Å². The zero-order valence-electron chi connectivity index (χ0n) is 39.5. The molecule has 0 bridgehead atoms. The molecule has 186 valence electrons. The number of fused-ring (bicyclic) bond motifs is 4. The maximum absolute atomic E-state index is 9.84. The van der Waals surface area contributed by atoms with Gasteiger partial charge < -0.3 is 0 Å². The Morgan fingerprint density at radius 3 is 1.82 bits per heavy atom. The number of rotatable bonds is 3. The Morgan fingerprint density at radius 1 is 0.350 bits per heavy atom. The van der Waals surface area contributed by atoms with Crippen molar-refractivity contribution >= 4 is 43.1 Å². The molecule has 0 fully saturated rings. The van der Waals surface area contributed by atoms with Gasteiger partial charge >= 0.3 is 0 Å². The smallest absolute Gasteiger partial charge is 0.0622 e. The van der Waals surface area contributed by atoms with E-state index in [0.717, 1.165) is 5.39 Å². The second kappa shape index (κ2) is 9.22. The third-order valence-electron chi connectivity index (χ3n) is 6.79. The summed E-state index contributed by atoms with van der Waals surface area (Å²) in [4.78, 5) is 0. The SMILES string of the molecule is [2H]c1c([2H])c([2H])c(-c2c([2H])c([2H])c3c(-c4c([2H])c([2H])c5c([2H])c([2H])c([2H])c([2H])c5c4[2H])c4c([2H])c([2H])c([2H])c([2H])c4c(-c4ccc5ccccc5c4)c3c2[2H])c([2H])c1[2H]. The molecular formula is C40H26. The lowest BCUT2D eigenvalue weighted by molar-refractivity contribution is 1.64. The van der Waals surface area contributed by atoms with Crippen molar-refractivity contribution in [3.05, 3.63) is 157 Å². The molecule has 0 heteroatoms. The summed E-state index contributed by atoms with van der Waals surface area (Å²) in [5.74, 6) is 0. The monoisotopic (exact) mass is 525 g/mol. The molecule has 0 saturated heterocycles. The second-order valence-electron chi connectivity index (χ2n) is 9.06. The molecule has 8 aromatic carbocycles. The van der Waals surface area contributed by atoms with Gasteiger partial charge in [0.25, 0.3) is 0 Å². The minimum atomic E-state index is -0.834. The first-order valence-electron chi connectivity index (χ1n) is 21.8. The van der Waals surface area contributed by atoms with Gasteiger partial charge in [-0.2, -0.15) is 0 Å². The normalized spacial score (nSPS) is 18.1. The molecule has 0 aromatic heterocycles. The molecule has 8 rings (SSSR count). The van der Waals surface area contributed by atoms with Crippen molar-refractivity contribution in [1.82, 2.24) is 0 Å². The Labute approximate surface area is 260 Å². The molecule has 0 radical (unpaired) electrons. The van der Waals surface area contributed by atoms with Gasteiger partial charge in [0.2, 0.25) is 0 Å². The Morgan fingerprint density at radius 2 is 1.00 bits per heavy atom. The number of hydrogen-bond acceptors (Lipinski definition) is 0. The Kier molecular flexibility index (Phi) is 2.48. The standard InChI is InChI=1S/C40H26/c1-2-10-27(11-3-1)32-22-23-37-38(26-32)40(34-21-19-29-13-5-7-15-31(29)25-34)36-17-9-8-16-35(36)39(37)33-20-18-28-12-4-6-14-30(28)24-33/h1-26H/i1D,2D,3D,4D,6D,8D,9D,10D,11D,12D,14D,16D,17D,18D,20D,22D,23D,24D,26D. The highest BCUT2D eigenvalue weighted by Gasteiger charge is 2.18. The lowest BCUT2D eigenvalue weighted by atomic mass is 9.84.